The highest BCUT2D eigenvalue weighted by Crippen LogP contribution is 2.31. The topological polar surface area (TPSA) is 26.0 Å². The summed E-state index contributed by atoms with van der Waals surface area (Å²) in [7, 11) is 0. The van der Waals surface area contributed by atoms with Crippen LogP contribution in [-0.4, -0.2) is 5.76 Å². The second kappa shape index (κ2) is 4.09. The first-order valence-electron chi connectivity index (χ1n) is 3.09. The van der Waals surface area contributed by atoms with Gasteiger partial charge in [-0.05, 0) is 18.2 Å². The van der Waals surface area contributed by atoms with Gasteiger partial charge in [0.15, 0.2) is 0 Å². The number of benzene rings is 1. The molecule has 1 aromatic carbocycles. The van der Waals surface area contributed by atoms with Crippen LogP contribution in [0.5, 0.6) is 0 Å². The van der Waals surface area contributed by atoms with Crippen molar-refractivity contribution >= 4 is 33.4 Å². The molecule has 12 heavy (non-hydrogen) atoms. The van der Waals surface area contributed by atoms with Crippen molar-refractivity contribution in [1.29, 1.82) is 0 Å². The van der Waals surface area contributed by atoms with E-state index in [9.17, 15) is 8.78 Å². The molecule has 2 N–H and O–H groups in total. The number of nitrogens with two attached hydrogens (primary N) is 1. The van der Waals surface area contributed by atoms with Gasteiger partial charge in [0, 0.05) is 15.1 Å². The number of nitrogen functional groups attached to an aromatic ring is 1. The van der Waals surface area contributed by atoms with Gasteiger partial charge in [-0.3, -0.25) is 0 Å². The van der Waals surface area contributed by atoms with Crippen LogP contribution in [0.3, 0.4) is 0 Å². The Kier molecular flexibility index (Phi) is 3.34. The summed E-state index contributed by atoms with van der Waals surface area (Å²) in [5.41, 5.74) is 5.86. The molecule has 0 saturated carbocycles. The van der Waals surface area contributed by atoms with E-state index in [2.05, 4.69) is 15.9 Å². The third kappa shape index (κ3) is 2.64. The maximum Gasteiger partial charge on any atom is 0.288 e. The quantitative estimate of drug-likeness (QED) is 0.647. The first kappa shape index (κ1) is 9.80. The largest absolute Gasteiger partial charge is 0.398 e. The number of thioether (sulfide) groups is 1. The van der Waals surface area contributed by atoms with Gasteiger partial charge in [-0.15, -0.1) is 0 Å². The van der Waals surface area contributed by atoms with Gasteiger partial charge in [-0.25, -0.2) is 0 Å². The molecule has 5 heteroatoms. The number of anilines is 1. The summed E-state index contributed by atoms with van der Waals surface area (Å²) in [4.78, 5) is 0.410. The molecule has 0 radical (unpaired) electrons. The van der Waals surface area contributed by atoms with Gasteiger partial charge in [-0.2, -0.15) is 8.78 Å². The lowest BCUT2D eigenvalue weighted by Crippen LogP contribution is -1.90. The Bertz CT molecular complexity index is 280. The number of rotatable bonds is 2. The van der Waals surface area contributed by atoms with E-state index in [1.807, 2.05) is 0 Å². The minimum Gasteiger partial charge on any atom is -0.398 e. The van der Waals surface area contributed by atoms with Crippen molar-refractivity contribution in [3.63, 3.8) is 0 Å². The predicted molar refractivity (Wildman–Crippen MR) is 50.4 cm³/mol. The van der Waals surface area contributed by atoms with Gasteiger partial charge in [0.25, 0.3) is 5.76 Å². The zero-order valence-electron chi connectivity index (χ0n) is 5.93. The molecule has 1 aromatic rings. The highest BCUT2D eigenvalue weighted by molar-refractivity contribution is 9.10. The van der Waals surface area contributed by atoms with Gasteiger partial charge < -0.3 is 5.73 Å². The Balaban J connectivity index is 2.86. The lowest BCUT2D eigenvalue weighted by molar-refractivity contribution is 0.252. The number of halogens is 3. The van der Waals surface area contributed by atoms with Crippen LogP contribution in [-0.2, 0) is 0 Å². The second-order valence-corrected chi connectivity index (χ2v) is 4.01. The van der Waals surface area contributed by atoms with Crippen LogP contribution in [0, 0.1) is 0 Å². The molecule has 66 valence electrons. The van der Waals surface area contributed by atoms with Crippen LogP contribution in [0.1, 0.15) is 0 Å². The maximum atomic E-state index is 11.9. The van der Waals surface area contributed by atoms with E-state index in [4.69, 9.17) is 5.73 Å². The molecular formula is C7H6BrF2NS. The van der Waals surface area contributed by atoms with Crippen LogP contribution in [0.2, 0.25) is 0 Å². The monoisotopic (exact) mass is 253 g/mol. The van der Waals surface area contributed by atoms with Crippen molar-refractivity contribution in [2.75, 3.05) is 5.73 Å². The summed E-state index contributed by atoms with van der Waals surface area (Å²) in [5, 5.41) is 0. The molecule has 1 rings (SSSR count). The van der Waals surface area contributed by atoms with Crippen LogP contribution in [0.25, 0.3) is 0 Å². The van der Waals surface area contributed by atoms with Gasteiger partial charge in [0.05, 0.1) is 0 Å². The lowest BCUT2D eigenvalue weighted by Gasteiger charge is -2.03. The molecule has 0 aromatic heterocycles. The van der Waals surface area contributed by atoms with E-state index in [1.165, 1.54) is 0 Å². The Labute approximate surface area is 81.5 Å². The van der Waals surface area contributed by atoms with Gasteiger partial charge >= 0.3 is 0 Å². The first-order valence-corrected chi connectivity index (χ1v) is 4.76. The standard InChI is InChI=1S/C7H6BrF2NS/c8-4-1-2-6(5(11)3-4)12-7(9)10/h1-3,7H,11H2. The summed E-state index contributed by atoms with van der Waals surface area (Å²) < 4.78 is 24.6. The second-order valence-electron chi connectivity index (χ2n) is 2.06. The van der Waals surface area contributed by atoms with Crippen molar-refractivity contribution in [3.05, 3.63) is 22.7 Å². The highest BCUT2D eigenvalue weighted by atomic mass is 79.9. The third-order valence-electron chi connectivity index (χ3n) is 1.19. The fourth-order valence-corrected chi connectivity index (χ4v) is 1.63. The number of hydrogen-bond acceptors (Lipinski definition) is 2. The molecule has 0 fully saturated rings. The minimum atomic E-state index is -2.42. The summed E-state index contributed by atoms with van der Waals surface area (Å²) in [5.74, 6) is -2.42. The van der Waals surface area contributed by atoms with Crippen LogP contribution in [0.4, 0.5) is 14.5 Å². The molecule has 0 aliphatic heterocycles. The Morgan fingerprint density at radius 2 is 2.08 bits per heavy atom. The highest BCUT2D eigenvalue weighted by Gasteiger charge is 2.07. The maximum absolute atomic E-state index is 11.9. The predicted octanol–water partition coefficient (Wildman–Crippen LogP) is 3.35. The fourth-order valence-electron chi connectivity index (χ4n) is 0.723. The van der Waals surface area contributed by atoms with E-state index in [0.717, 1.165) is 4.47 Å². The average molecular weight is 254 g/mol. The first-order chi connectivity index (χ1) is 5.59. The molecule has 0 bridgehead atoms. The summed E-state index contributed by atoms with van der Waals surface area (Å²) >= 11 is 3.64. The molecule has 0 saturated heterocycles. The van der Waals surface area contributed by atoms with Crippen molar-refractivity contribution < 1.29 is 8.78 Å². The Hall–Kier alpha value is -0.290. The molecule has 0 aliphatic rings. The van der Waals surface area contributed by atoms with Crippen molar-refractivity contribution in [3.8, 4) is 0 Å². The van der Waals surface area contributed by atoms with Crippen molar-refractivity contribution in [2.24, 2.45) is 0 Å². The SMILES string of the molecule is Nc1cc(Br)ccc1SC(F)F. The zero-order chi connectivity index (χ0) is 9.14. The number of hydrogen-bond donors (Lipinski definition) is 1. The molecule has 0 amide bonds. The Morgan fingerprint density at radius 1 is 1.42 bits per heavy atom. The molecule has 1 nitrogen and oxygen atoms in total. The van der Waals surface area contributed by atoms with E-state index in [1.54, 1.807) is 18.2 Å². The number of alkyl halides is 2. The van der Waals surface area contributed by atoms with Gasteiger partial charge in [-0.1, -0.05) is 27.7 Å². The van der Waals surface area contributed by atoms with Crippen LogP contribution < -0.4 is 5.73 Å². The van der Waals surface area contributed by atoms with E-state index in [0.29, 0.717) is 22.3 Å². The summed E-state index contributed by atoms with van der Waals surface area (Å²) in [6, 6.07) is 4.85. The molecule has 0 spiro atoms. The molecule has 0 unspecified atom stereocenters. The smallest absolute Gasteiger partial charge is 0.288 e. The Morgan fingerprint density at radius 3 is 2.58 bits per heavy atom. The zero-order valence-corrected chi connectivity index (χ0v) is 8.33. The fraction of sp³-hybridized carbons (Fsp3) is 0.143. The van der Waals surface area contributed by atoms with Gasteiger partial charge in [0.2, 0.25) is 0 Å². The normalized spacial score (nSPS) is 10.7. The van der Waals surface area contributed by atoms with E-state index in [-0.39, 0.29) is 0 Å². The van der Waals surface area contributed by atoms with Crippen molar-refractivity contribution in [1.82, 2.24) is 0 Å². The van der Waals surface area contributed by atoms with Crippen LogP contribution >= 0.6 is 27.7 Å². The molecule has 0 aliphatic carbocycles. The average Bonchev–Trinajstić information content (AvgIpc) is 1.94. The molecule has 0 atom stereocenters. The summed E-state index contributed by atoms with van der Waals surface area (Å²) in [6.07, 6.45) is 0. The molecule has 0 heterocycles. The minimum absolute atomic E-state index is 0.370. The van der Waals surface area contributed by atoms with Gasteiger partial charge in [0.1, 0.15) is 0 Å². The molecular weight excluding hydrogens is 248 g/mol. The third-order valence-corrected chi connectivity index (χ3v) is 2.49. The lowest BCUT2D eigenvalue weighted by atomic mass is 10.3. The van der Waals surface area contributed by atoms with Crippen molar-refractivity contribution in [2.45, 2.75) is 10.7 Å². The summed E-state index contributed by atoms with van der Waals surface area (Å²) in [6.45, 7) is 0. The van der Waals surface area contributed by atoms with E-state index >= 15 is 0 Å². The van der Waals surface area contributed by atoms with Crippen LogP contribution in [0.15, 0.2) is 27.6 Å². The van der Waals surface area contributed by atoms with E-state index < -0.39 is 5.76 Å².